The van der Waals surface area contributed by atoms with E-state index in [1.165, 1.54) is 21.6 Å². The van der Waals surface area contributed by atoms with Crippen LogP contribution in [0.2, 0.25) is 0 Å². The third kappa shape index (κ3) is 33.3. The minimum atomic E-state index is -3.92. The lowest BCUT2D eigenvalue weighted by Gasteiger charge is -2.11. The van der Waals surface area contributed by atoms with Gasteiger partial charge in [0.05, 0.1) is 83.1 Å². The SMILES string of the molecule is CN(/N=C/c1cc[n+](CCSSCC[n+]2ccc(/C=N/N(C)c3ccccc3)cc2)cc1)c1ccccc1.CN(/N=C/c1cc[nH+]cc1)c1ccccc1.CS(=O)(=O)OCCSSCCOS(C)(=O)=O.CS(=O)(=O)[O-]. The maximum Gasteiger partial charge on any atom is 0.264 e. The summed E-state index contributed by atoms with van der Waals surface area (Å²) in [6.45, 7) is 2.20. The minimum Gasteiger partial charge on any atom is -0.748 e. The van der Waals surface area contributed by atoms with E-state index < -0.39 is 30.4 Å². The van der Waals surface area contributed by atoms with Gasteiger partial charge in [0.1, 0.15) is 0 Å². The summed E-state index contributed by atoms with van der Waals surface area (Å²) in [5.74, 6) is 3.15. The molecule has 3 aromatic heterocycles. The minimum absolute atomic E-state index is 0.115. The van der Waals surface area contributed by atoms with Crippen molar-refractivity contribution in [1.29, 1.82) is 0 Å². The van der Waals surface area contributed by atoms with Crippen molar-refractivity contribution in [3.63, 3.8) is 0 Å². The molecule has 0 saturated heterocycles. The lowest BCUT2D eigenvalue weighted by molar-refractivity contribution is -0.692. The quantitative estimate of drug-likeness (QED) is 0.0110. The maximum atomic E-state index is 10.6. The molecule has 0 bridgehead atoms. The number of hydrogen-bond acceptors (Lipinski definition) is 19. The molecule has 0 amide bonds. The highest BCUT2D eigenvalue weighted by molar-refractivity contribution is 8.77. The van der Waals surface area contributed by atoms with E-state index in [9.17, 15) is 16.8 Å². The fraction of sp³-hybridized carbons (Fsp3) is 0.280. The van der Waals surface area contributed by atoms with Crippen molar-refractivity contribution in [2.45, 2.75) is 13.1 Å². The largest absolute Gasteiger partial charge is 0.748 e. The summed E-state index contributed by atoms with van der Waals surface area (Å²) >= 11 is 0. The predicted molar refractivity (Wildman–Crippen MR) is 311 cm³/mol. The van der Waals surface area contributed by atoms with Crippen LogP contribution in [0.1, 0.15) is 16.7 Å². The molecule has 1 N–H and O–H groups in total. The zero-order valence-electron chi connectivity index (χ0n) is 42.6. The number of rotatable bonds is 25. The second-order valence-corrected chi connectivity index (χ2v) is 25.5. The third-order valence-electron chi connectivity index (χ3n) is 9.07. The van der Waals surface area contributed by atoms with Gasteiger partial charge in [0.15, 0.2) is 50.3 Å². The highest BCUT2D eigenvalue weighted by Crippen LogP contribution is 2.21. The van der Waals surface area contributed by atoms with Gasteiger partial charge in [0.2, 0.25) is 0 Å². The Balaban J connectivity index is 0.000000329. The lowest BCUT2D eigenvalue weighted by Crippen LogP contribution is -2.34. The van der Waals surface area contributed by atoms with Gasteiger partial charge < -0.3 is 4.55 Å². The number of nitrogens with zero attached hydrogens (tertiary/aromatic N) is 8. The van der Waals surface area contributed by atoms with Crippen LogP contribution in [0.15, 0.2) is 180 Å². The van der Waals surface area contributed by atoms with Gasteiger partial charge in [-0.2, -0.15) is 32.1 Å². The zero-order valence-corrected chi connectivity index (χ0v) is 48.3. The van der Waals surface area contributed by atoms with Gasteiger partial charge in [0, 0.05) is 92.0 Å². The topological polar surface area (TPSA) is 213 Å². The van der Waals surface area contributed by atoms with E-state index in [1.54, 1.807) is 0 Å². The van der Waals surface area contributed by atoms with E-state index in [4.69, 9.17) is 13.0 Å². The van der Waals surface area contributed by atoms with E-state index in [0.29, 0.717) is 17.8 Å². The first-order chi connectivity index (χ1) is 35.7. The van der Waals surface area contributed by atoms with Crippen LogP contribution in [0.3, 0.4) is 0 Å². The molecule has 0 radical (unpaired) electrons. The number of aromatic amines is 1. The Morgan fingerprint density at radius 3 is 1.05 bits per heavy atom. The second kappa shape index (κ2) is 35.8. The van der Waals surface area contributed by atoms with Crippen LogP contribution >= 0.6 is 43.2 Å². The summed E-state index contributed by atoms with van der Waals surface area (Å²) in [5.41, 5.74) is 6.45. The normalized spacial score (nSPS) is 11.5. The predicted octanol–water partition coefficient (Wildman–Crippen LogP) is 6.74. The van der Waals surface area contributed by atoms with Crippen molar-refractivity contribution < 1.29 is 52.3 Å². The molecule has 25 heteroatoms. The molecule has 0 saturated carbocycles. The van der Waals surface area contributed by atoms with Gasteiger partial charge in [-0.3, -0.25) is 23.4 Å². The van der Waals surface area contributed by atoms with Crippen molar-refractivity contribution in [3.05, 3.63) is 181 Å². The molecule has 0 aliphatic carbocycles. The first-order valence-corrected chi connectivity index (χ1v) is 33.2. The second-order valence-electron chi connectivity index (χ2n) is 15.4. The van der Waals surface area contributed by atoms with Crippen LogP contribution in [0.25, 0.3) is 0 Å². The number of benzene rings is 3. The summed E-state index contributed by atoms with van der Waals surface area (Å²) in [7, 11) is 1.83. The first-order valence-electron chi connectivity index (χ1n) is 22.7. The lowest BCUT2D eigenvalue weighted by atomic mass is 10.3. The van der Waals surface area contributed by atoms with Crippen molar-refractivity contribution in [2.24, 2.45) is 15.3 Å². The van der Waals surface area contributed by atoms with Crippen LogP contribution in [-0.2, 0) is 51.8 Å². The molecule has 3 aromatic carbocycles. The molecule has 0 fully saturated rings. The van der Waals surface area contributed by atoms with Gasteiger partial charge in [-0.25, -0.2) is 22.5 Å². The van der Waals surface area contributed by atoms with E-state index >= 15 is 0 Å². The van der Waals surface area contributed by atoms with Crippen LogP contribution < -0.4 is 29.1 Å². The van der Waals surface area contributed by atoms with Gasteiger partial charge >= 0.3 is 0 Å². The molecule has 3 heterocycles. The molecular formula is C50H65N9O9S7+2. The Morgan fingerprint density at radius 1 is 0.480 bits per heavy atom. The Bertz CT molecular complexity index is 2770. The van der Waals surface area contributed by atoms with Gasteiger partial charge in [-0.05, 0) is 36.4 Å². The fourth-order valence-corrected chi connectivity index (χ4v) is 10.0. The number of anilines is 3. The molecule has 0 aliphatic rings. The van der Waals surface area contributed by atoms with Crippen LogP contribution in [-0.4, -0.2) is 125 Å². The molecular weight excluding hydrogens is 1100 g/mol. The maximum absolute atomic E-state index is 10.6. The summed E-state index contributed by atoms with van der Waals surface area (Å²) in [5, 5.41) is 19.0. The van der Waals surface area contributed by atoms with Crippen molar-refractivity contribution >= 4 is 109 Å². The number of pyridine rings is 3. The van der Waals surface area contributed by atoms with Crippen molar-refractivity contribution in [1.82, 2.24) is 0 Å². The Labute approximate surface area is 459 Å². The van der Waals surface area contributed by atoms with Crippen LogP contribution in [0, 0.1) is 0 Å². The molecule has 404 valence electrons. The van der Waals surface area contributed by atoms with E-state index in [-0.39, 0.29) is 13.2 Å². The van der Waals surface area contributed by atoms with E-state index in [1.807, 2.05) is 192 Å². The molecule has 0 atom stereocenters. The van der Waals surface area contributed by atoms with Crippen molar-refractivity contribution in [2.75, 3.05) is 91.2 Å². The molecule has 0 spiro atoms. The summed E-state index contributed by atoms with van der Waals surface area (Å²) in [6, 6.07) is 42.7. The smallest absolute Gasteiger partial charge is 0.264 e. The number of hydrazone groups is 3. The number of para-hydroxylation sites is 3. The number of aryl methyl sites for hydroxylation is 2. The Kier molecular flexibility index (Phi) is 30.5. The van der Waals surface area contributed by atoms with E-state index in [0.717, 1.165) is 70.9 Å². The highest BCUT2D eigenvalue weighted by Gasteiger charge is 2.06. The molecule has 6 aromatic rings. The Morgan fingerprint density at radius 2 is 0.760 bits per heavy atom. The summed E-state index contributed by atoms with van der Waals surface area (Å²) < 4.78 is 82.9. The molecule has 0 aliphatic heterocycles. The van der Waals surface area contributed by atoms with E-state index in [2.05, 4.69) is 86.8 Å². The zero-order chi connectivity index (χ0) is 54.8. The number of hydrogen-bond donors (Lipinski definition) is 0. The van der Waals surface area contributed by atoms with Crippen LogP contribution in [0.5, 0.6) is 0 Å². The first kappa shape index (κ1) is 63.9. The van der Waals surface area contributed by atoms with Gasteiger partial charge in [-0.1, -0.05) is 97.8 Å². The molecule has 75 heavy (non-hydrogen) atoms. The average molecular weight is 1160 g/mol. The average Bonchev–Trinajstić information content (AvgIpc) is 3.39. The number of nitrogens with one attached hydrogen (secondary N) is 1. The van der Waals surface area contributed by atoms with Crippen LogP contribution in [0.4, 0.5) is 17.1 Å². The number of aromatic nitrogens is 3. The summed E-state index contributed by atoms with van der Waals surface area (Å²) in [4.78, 5) is 2.98. The summed E-state index contributed by atoms with van der Waals surface area (Å²) in [6.07, 6.45) is 20.4. The fourth-order valence-electron chi connectivity index (χ4n) is 5.44. The highest BCUT2D eigenvalue weighted by atomic mass is 33.1. The Hall–Kier alpha value is -5.35. The third-order valence-corrected chi connectivity index (χ3v) is 15.0. The van der Waals surface area contributed by atoms with Gasteiger partial charge in [-0.15, -0.1) is 0 Å². The standard InChI is InChI=1S/C30H34N6S2.C13H13N3.C6H14O6S4.CH4O3S/c1-33(29-9-5-3-6-10-29)31-25-27-13-17-35(18-14-27)21-23-37-38-24-22-36-19-15-28(16-20-36)26-32-34(2)30-11-7-4-8-12-30;1-16(13-5-3-2-4-6-13)15-11-12-7-9-14-10-8-12;1-15(7,8)11-3-5-13-14-6-4-12-16(2,9)10;1-5(2,3)4/h3-20,25-26H,21-24H2,1-2H3;2-11H,1H3;3-6H2,1-2H3;1H3,(H,2,3,4)/q+2;;;/b;15-11+;;. The monoisotopic (exact) mass is 1160 g/mol. The molecule has 6 rings (SSSR count). The molecule has 0 unspecified atom stereocenters. The number of H-pyrrole nitrogens is 1. The molecule has 18 nitrogen and oxygen atoms in total. The van der Waals surface area contributed by atoms with Crippen molar-refractivity contribution in [3.8, 4) is 0 Å². The van der Waals surface area contributed by atoms with Gasteiger partial charge in [0.25, 0.3) is 20.2 Å².